The van der Waals surface area contributed by atoms with Gasteiger partial charge < -0.3 is 20.1 Å². The van der Waals surface area contributed by atoms with Crippen LogP contribution in [0.15, 0.2) is 36.6 Å². The maximum Gasteiger partial charge on any atom is 0.472 e. The first-order valence-electron chi connectivity index (χ1n) is 19.5. The number of allylic oxidation sites excluding steroid dienone is 5. The van der Waals surface area contributed by atoms with E-state index in [9.17, 15) is 14.3 Å². The van der Waals surface area contributed by atoms with Gasteiger partial charge in [0.05, 0.1) is 19.5 Å². The van der Waals surface area contributed by atoms with Crippen molar-refractivity contribution in [3.8, 4) is 0 Å². The number of esters is 1. The summed E-state index contributed by atoms with van der Waals surface area (Å²) in [4.78, 5) is 22.2. The van der Waals surface area contributed by atoms with Gasteiger partial charge in [0.1, 0.15) is 6.61 Å². The Morgan fingerprint density at radius 1 is 0.646 bits per heavy atom. The number of unbranched alkanes of at least 4 members (excludes halogenated alkanes) is 20. The summed E-state index contributed by atoms with van der Waals surface area (Å²) in [6.45, 7) is 4.17. The monoisotopic (exact) mass is 700 g/mol. The Kier molecular flexibility index (Phi) is 35.7. The molecule has 1 unspecified atom stereocenters. The second-order valence-corrected chi connectivity index (χ2v) is 14.3. The van der Waals surface area contributed by atoms with Gasteiger partial charge in [-0.05, 0) is 57.4 Å². The van der Waals surface area contributed by atoms with Crippen LogP contribution in [0.1, 0.15) is 174 Å². The zero-order chi connectivity index (χ0) is 35.2. The number of hydrogen-bond acceptors (Lipinski definition) is 7. The Balaban J connectivity index is 4.15. The lowest BCUT2D eigenvalue weighted by Gasteiger charge is -2.19. The van der Waals surface area contributed by atoms with E-state index in [1.54, 1.807) is 6.26 Å². The summed E-state index contributed by atoms with van der Waals surface area (Å²) < 4.78 is 33.1. The van der Waals surface area contributed by atoms with Gasteiger partial charge in [0.15, 0.2) is 6.10 Å². The summed E-state index contributed by atoms with van der Waals surface area (Å²) in [5.74, 6) is -0.304. The standard InChI is InChI=1S/C39H74NO7P/c1-3-5-7-9-11-13-15-17-19-20-22-24-26-28-30-32-39(41)45-36-38(37-47-48(42,43)46-35-33-40)44-34-31-29-27-25-23-21-18-16-14-12-10-8-6-4-2/h11,13,17,19,31,34,38H,3-10,12,14-16,18,20-30,32-33,35-37,40H2,1-2H3,(H,42,43)/b13-11-,19-17-,34-31-/t38-/m1/s1. The Morgan fingerprint density at radius 3 is 1.69 bits per heavy atom. The molecule has 0 aliphatic carbocycles. The minimum atomic E-state index is -4.26. The van der Waals surface area contributed by atoms with Gasteiger partial charge in [-0.1, -0.05) is 141 Å². The molecule has 0 aromatic rings. The molecule has 0 bridgehead atoms. The van der Waals surface area contributed by atoms with E-state index >= 15 is 0 Å². The highest BCUT2D eigenvalue weighted by Crippen LogP contribution is 2.43. The molecule has 0 aliphatic heterocycles. The molecule has 3 N–H and O–H groups in total. The number of nitrogens with two attached hydrogens (primary N) is 1. The van der Waals surface area contributed by atoms with Crippen LogP contribution in [0, 0.1) is 0 Å². The zero-order valence-corrected chi connectivity index (χ0v) is 31.9. The Bertz CT molecular complexity index is 833. The fourth-order valence-corrected chi connectivity index (χ4v) is 5.95. The zero-order valence-electron chi connectivity index (χ0n) is 31.0. The lowest BCUT2D eigenvalue weighted by molar-refractivity contribution is -0.147. The van der Waals surface area contributed by atoms with E-state index in [-0.39, 0.29) is 32.3 Å². The van der Waals surface area contributed by atoms with Gasteiger partial charge in [-0.15, -0.1) is 0 Å². The topological polar surface area (TPSA) is 117 Å². The van der Waals surface area contributed by atoms with E-state index in [1.807, 2.05) is 6.08 Å². The largest absolute Gasteiger partial charge is 0.492 e. The molecule has 0 heterocycles. The highest BCUT2D eigenvalue weighted by atomic mass is 31.2. The number of phosphoric acid groups is 1. The maximum atomic E-state index is 12.3. The molecule has 0 saturated heterocycles. The van der Waals surface area contributed by atoms with Crippen molar-refractivity contribution in [1.82, 2.24) is 0 Å². The number of ether oxygens (including phenoxy) is 2. The van der Waals surface area contributed by atoms with Crippen LogP contribution in [0.4, 0.5) is 0 Å². The van der Waals surface area contributed by atoms with Crippen molar-refractivity contribution < 1.29 is 32.8 Å². The molecule has 8 nitrogen and oxygen atoms in total. The fraction of sp³-hybridized carbons (Fsp3) is 0.821. The molecule has 0 fully saturated rings. The third-order valence-electron chi connectivity index (χ3n) is 8.15. The molecule has 0 aromatic heterocycles. The van der Waals surface area contributed by atoms with Crippen molar-refractivity contribution in [2.45, 2.75) is 180 Å². The third-order valence-corrected chi connectivity index (χ3v) is 9.13. The SMILES string of the molecule is CCCCC/C=C\C/C=C\CCCCCCCC(=O)OC[C@H](COP(=O)(O)OCCN)O/C=C\CCCCCCCCCCCCCC. The van der Waals surface area contributed by atoms with Crippen LogP contribution in [-0.2, 0) is 27.9 Å². The predicted octanol–water partition coefficient (Wildman–Crippen LogP) is 11.4. The number of hydrogen-bond donors (Lipinski definition) is 2. The van der Waals surface area contributed by atoms with E-state index in [1.165, 1.54) is 96.3 Å². The highest BCUT2D eigenvalue weighted by Gasteiger charge is 2.24. The first-order chi connectivity index (χ1) is 23.4. The van der Waals surface area contributed by atoms with Gasteiger partial charge in [-0.3, -0.25) is 13.8 Å². The molecule has 48 heavy (non-hydrogen) atoms. The van der Waals surface area contributed by atoms with Crippen LogP contribution in [0.25, 0.3) is 0 Å². The van der Waals surface area contributed by atoms with Crippen LogP contribution in [-0.4, -0.2) is 43.3 Å². The summed E-state index contributed by atoms with van der Waals surface area (Å²) in [7, 11) is -4.26. The lowest BCUT2D eigenvalue weighted by Crippen LogP contribution is -2.25. The summed E-state index contributed by atoms with van der Waals surface area (Å²) in [6, 6.07) is 0. The summed E-state index contributed by atoms with van der Waals surface area (Å²) >= 11 is 0. The van der Waals surface area contributed by atoms with Crippen LogP contribution in [0.5, 0.6) is 0 Å². The predicted molar refractivity (Wildman–Crippen MR) is 201 cm³/mol. The van der Waals surface area contributed by atoms with E-state index in [0.717, 1.165) is 57.8 Å². The number of carbonyl (C=O) groups is 1. The van der Waals surface area contributed by atoms with Gasteiger partial charge in [0.25, 0.3) is 0 Å². The average Bonchev–Trinajstić information content (AvgIpc) is 3.08. The van der Waals surface area contributed by atoms with Crippen molar-refractivity contribution in [3.63, 3.8) is 0 Å². The van der Waals surface area contributed by atoms with Crippen LogP contribution < -0.4 is 5.73 Å². The Morgan fingerprint density at radius 2 is 1.12 bits per heavy atom. The molecule has 0 amide bonds. The first kappa shape index (κ1) is 46.6. The molecule has 0 aromatic carbocycles. The summed E-state index contributed by atoms with van der Waals surface area (Å²) in [6.07, 6.45) is 41.1. The molecular weight excluding hydrogens is 625 g/mol. The molecule has 0 radical (unpaired) electrons. The van der Waals surface area contributed by atoms with E-state index in [0.29, 0.717) is 6.42 Å². The van der Waals surface area contributed by atoms with Crippen molar-refractivity contribution in [1.29, 1.82) is 0 Å². The second kappa shape index (κ2) is 36.8. The number of phosphoric ester groups is 1. The van der Waals surface area contributed by atoms with Gasteiger partial charge in [-0.2, -0.15) is 0 Å². The van der Waals surface area contributed by atoms with Crippen molar-refractivity contribution >= 4 is 13.8 Å². The molecule has 0 aliphatic rings. The summed E-state index contributed by atoms with van der Waals surface area (Å²) in [5.41, 5.74) is 5.35. The molecule has 282 valence electrons. The van der Waals surface area contributed by atoms with Gasteiger partial charge in [-0.25, -0.2) is 4.57 Å². The Hall–Kier alpha value is -1.44. The van der Waals surface area contributed by atoms with E-state index in [4.69, 9.17) is 24.3 Å². The second-order valence-electron chi connectivity index (χ2n) is 12.9. The minimum absolute atomic E-state index is 0.0705. The molecule has 9 heteroatoms. The maximum absolute atomic E-state index is 12.3. The van der Waals surface area contributed by atoms with Gasteiger partial charge in [0.2, 0.25) is 0 Å². The molecular formula is C39H74NO7P. The van der Waals surface area contributed by atoms with E-state index in [2.05, 4.69) is 38.2 Å². The first-order valence-corrected chi connectivity index (χ1v) is 21.0. The Labute approximate surface area is 295 Å². The molecule has 0 saturated carbocycles. The molecule has 0 rings (SSSR count). The normalized spacial score (nSPS) is 13.9. The smallest absolute Gasteiger partial charge is 0.472 e. The fourth-order valence-electron chi connectivity index (χ4n) is 5.19. The molecule has 2 atom stereocenters. The quantitative estimate of drug-likeness (QED) is 0.0216. The van der Waals surface area contributed by atoms with Gasteiger partial charge in [0, 0.05) is 13.0 Å². The number of carbonyl (C=O) groups excluding carboxylic acids is 1. The number of rotatable bonds is 37. The van der Waals surface area contributed by atoms with Gasteiger partial charge >= 0.3 is 13.8 Å². The third kappa shape index (κ3) is 35.9. The van der Waals surface area contributed by atoms with Crippen molar-refractivity contribution in [2.75, 3.05) is 26.4 Å². The van der Waals surface area contributed by atoms with E-state index < -0.39 is 13.9 Å². The highest BCUT2D eigenvalue weighted by molar-refractivity contribution is 7.47. The lowest BCUT2D eigenvalue weighted by atomic mass is 10.0. The summed E-state index contributed by atoms with van der Waals surface area (Å²) in [5, 5.41) is 0. The minimum Gasteiger partial charge on any atom is -0.492 e. The average molecular weight is 700 g/mol. The van der Waals surface area contributed by atoms with Crippen molar-refractivity contribution in [3.05, 3.63) is 36.6 Å². The van der Waals surface area contributed by atoms with Crippen LogP contribution in [0.2, 0.25) is 0 Å². The van der Waals surface area contributed by atoms with Crippen LogP contribution >= 0.6 is 7.82 Å². The van der Waals surface area contributed by atoms with Crippen LogP contribution in [0.3, 0.4) is 0 Å². The molecule has 0 spiro atoms. The van der Waals surface area contributed by atoms with Crippen molar-refractivity contribution in [2.24, 2.45) is 5.73 Å².